The topological polar surface area (TPSA) is 50.8 Å². The summed E-state index contributed by atoms with van der Waals surface area (Å²) in [5.74, 6) is 0.0306. The molecule has 0 bridgehead atoms. The number of hydrogen-bond donors (Lipinski definition) is 1. The summed E-state index contributed by atoms with van der Waals surface area (Å²) in [6, 6.07) is 8.44. The van der Waals surface area contributed by atoms with Crippen LogP contribution in [0.2, 0.25) is 0 Å². The molecule has 1 aliphatic rings. The number of carbonyl (C=O) groups is 1. The van der Waals surface area contributed by atoms with Crippen LogP contribution in [0.5, 0.6) is 0 Å². The highest BCUT2D eigenvalue weighted by Crippen LogP contribution is 2.09. The molecule has 0 aliphatic carbocycles. The molecular weight excluding hydrogens is 292 g/mol. The molecule has 0 spiro atoms. The van der Waals surface area contributed by atoms with Gasteiger partial charge in [0.15, 0.2) is 0 Å². The smallest absolute Gasteiger partial charge is 0.222 e. The Kier molecular flexibility index (Phi) is 7.52. The lowest BCUT2D eigenvalue weighted by atomic mass is 10.1. The highest BCUT2D eigenvalue weighted by atomic mass is 16.5. The minimum atomic E-state index is 0.0306. The number of nitrogens with one attached hydrogen (secondary N) is 1. The van der Waals surface area contributed by atoms with Crippen molar-refractivity contribution in [2.75, 3.05) is 32.9 Å². The molecule has 1 amide bonds. The first kappa shape index (κ1) is 17.9. The van der Waals surface area contributed by atoms with Crippen molar-refractivity contribution in [3.8, 4) is 0 Å². The van der Waals surface area contributed by atoms with Gasteiger partial charge in [-0.25, -0.2) is 0 Å². The van der Waals surface area contributed by atoms with Gasteiger partial charge in [0.25, 0.3) is 0 Å². The fraction of sp³-hybridized carbons (Fsp3) is 0.611. The van der Waals surface area contributed by atoms with Crippen molar-refractivity contribution in [2.45, 2.75) is 39.5 Å². The van der Waals surface area contributed by atoms with Gasteiger partial charge in [0.1, 0.15) is 0 Å². The third-order valence-electron chi connectivity index (χ3n) is 3.80. The SMILES string of the molecule is CC(C)OCCC(=O)NCc1ccc(CN2CCOCC2)cc1. The summed E-state index contributed by atoms with van der Waals surface area (Å²) in [4.78, 5) is 14.1. The molecule has 0 atom stereocenters. The van der Waals surface area contributed by atoms with Crippen molar-refractivity contribution in [1.82, 2.24) is 10.2 Å². The standard InChI is InChI=1S/C18H28N2O3/c1-15(2)23-10-7-18(21)19-13-16-3-5-17(6-4-16)14-20-8-11-22-12-9-20/h3-6,15H,7-14H2,1-2H3,(H,19,21). The van der Waals surface area contributed by atoms with Gasteiger partial charge in [-0.2, -0.15) is 0 Å². The number of ether oxygens (including phenoxy) is 2. The first-order chi connectivity index (χ1) is 11.1. The predicted octanol–water partition coefficient (Wildman–Crippen LogP) is 1.95. The van der Waals surface area contributed by atoms with E-state index in [0.717, 1.165) is 38.4 Å². The van der Waals surface area contributed by atoms with Crippen LogP contribution in [0.15, 0.2) is 24.3 Å². The zero-order chi connectivity index (χ0) is 16.5. The van der Waals surface area contributed by atoms with Crippen LogP contribution in [0.4, 0.5) is 0 Å². The van der Waals surface area contributed by atoms with Gasteiger partial charge in [0.05, 0.1) is 25.9 Å². The lowest BCUT2D eigenvalue weighted by Gasteiger charge is -2.26. The van der Waals surface area contributed by atoms with E-state index in [1.807, 2.05) is 13.8 Å². The number of hydrogen-bond acceptors (Lipinski definition) is 4. The molecule has 1 N–H and O–H groups in total. The number of rotatable bonds is 8. The lowest BCUT2D eigenvalue weighted by molar-refractivity contribution is -0.122. The molecule has 1 saturated heterocycles. The molecule has 5 nitrogen and oxygen atoms in total. The molecule has 1 aliphatic heterocycles. The van der Waals surface area contributed by atoms with E-state index in [2.05, 4.69) is 34.5 Å². The van der Waals surface area contributed by atoms with Crippen LogP contribution in [-0.4, -0.2) is 49.8 Å². The van der Waals surface area contributed by atoms with E-state index in [1.54, 1.807) is 0 Å². The molecule has 23 heavy (non-hydrogen) atoms. The Bertz CT molecular complexity index is 468. The number of benzene rings is 1. The van der Waals surface area contributed by atoms with Crippen molar-refractivity contribution in [1.29, 1.82) is 0 Å². The summed E-state index contributed by atoms with van der Waals surface area (Å²) in [7, 11) is 0. The van der Waals surface area contributed by atoms with Crippen LogP contribution < -0.4 is 5.32 Å². The summed E-state index contributed by atoms with van der Waals surface area (Å²) in [5.41, 5.74) is 2.42. The zero-order valence-corrected chi connectivity index (χ0v) is 14.2. The van der Waals surface area contributed by atoms with Crippen LogP contribution >= 0.6 is 0 Å². The molecule has 1 fully saturated rings. The molecule has 0 radical (unpaired) electrons. The largest absolute Gasteiger partial charge is 0.379 e. The van der Waals surface area contributed by atoms with Crippen molar-refractivity contribution >= 4 is 5.91 Å². The van der Waals surface area contributed by atoms with Crippen LogP contribution in [0.1, 0.15) is 31.4 Å². The molecule has 1 heterocycles. The minimum Gasteiger partial charge on any atom is -0.379 e. The van der Waals surface area contributed by atoms with Crippen LogP contribution in [0, 0.1) is 0 Å². The maximum Gasteiger partial charge on any atom is 0.222 e. The monoisotopic (exact) mass is 320 g/mol. The third-order valence-corrected chi connectivity index (χ3v) is 3.80. The highest BCUT2D eigenvalue weighted by Gasteiger charge is 2.10. The van der Waals surface area contributed by atoms with Gasteiger partial charge in [-0.15, -0.1) is 0 Å². The molecule has 0 saturated carbocycles. The van der Waals surface area contributed by atoms with Gasteiger partial charge in [-0.3, -0.25) is 9.69 Å². The Morgan fingerprint density at radius 2 is 1.87 bits per heavy atom. The van der Waals surface area contributed by atoms with E-state index in [4.69, 9.17) is 9.47 Å². The third kappa shape index (κ3) is 7.12. The van der Waals surface area contributed by atoms with Gasteiger partial charge >= 0.3 is 0 Å². The number of morpholine rings is 1. The van der Waals surface area contributed by atoms with E-state index in [-0.39, 0.29) is 12.0 Å². The molecule has 128 valence electrons. The number of carbonyl (C=O) groups excluding carboxylic acids is 1. The van der Waals surface area contributed by atoms with E-state index in [0.29, 0.717) is 19.6 Å². The summed E-state index contributed by atoms with van der Waals surface area (Å²) in [6.07, 6.45) is 0.578. The van der Waals surface area contributed by atoms with Crippen molar-refractivity contribution in [2.24, 2.45) is 0 Å². The van der Waals surface area contributed by atoms with Gasteiger partial charge in [-0.1, -0.05) is 24.3 Å². The fourth-order valence-corrected chi connectivity index (χ4v) is 2.46. The Hall–Kier alpha value is -1.43. The zero-order valence-electron chi connectivity index (χ0n) is 14.2. The first-order valence-corrected chi connectivity index (χ1v) is 8.39. The van der Waals surface area contributed by atoms with Crippen LogP contribution in [0.3, 0.4) is 0 Å². The molecule has 1 aromatic rings. The second-order valence-corrected chi connectivity index (χ2v) is 6.15. The second kappa shape index (κ2) is 9.65. The number of nitrogens with zero attached hydrogens (tertiary/aromatic N) is 1. The van der Waals surface area contributed by atoms with Crippen molar-refractivity contribution < 1.29 is 14.3 Å². The normalized spacial score (nSPS) is 15.8. The van der Waals surface area contributed by atoms with Crippen LogP contribution in [0.25, 0.3) is 0 Å². The van der Waals surface area contributed by atoms with E-state index in [1.165, 1.54) is 5.56 Å². The average Bonchev–Trinajstić information content (AvgIpc) is 2.55. The van der Waals surface area contributed by atoms with E-state index in [9.17, 15) is 4.79 Å². The molecule has 0 unspecified atom stereocenters. The first-order valence-electron chi connectivity index (χ1n) is 8.39. The fourth-order valence-electron chi connectivity index (χ4n) is 2.46. The number of amides is 1. The molecule has 2 rings (SSSR count). The highest BCUT2D eigenvalue weighted by molar-refractivity contribution is 5.75. The molecule has 5 heteroatoms. The molecule has 0 aromatic heterocycles. The second-order valence-electron chi connectivity index (χ2n) is 6.15. The van der Waals surface area contributed by atoms with Crippen molar-refractivity contribution in [3.63, 3.8) is 0 Å². The summed E-state index contributed by atoms with van der Waals surface area (Å²) >= 11 is 0. The average molecular weight is 320 g/mol. The predicted molar refractivity (Wildman–Crippen MR) is 90.1 cm³/mol. The Labute approximate surface area is 139 Å². The lowest BCUT2D eigenvalue weighted by Crippen LogP contribution is -2.35. The van der Waals surface area contributed by atoms with Gasteiger partial charge < -0.3 is 14.8 Å². The van der Waals surface area contributed by atoms with Gasteiger partial charge in [0.2, 0.25) is 5.91 Å². The molecular formula is C18H28N2O3. The van der Waals surface area contributed by atoms with Crippen molar-refractivity contribution in [3.05, 3.63) is 35.4 Å². The maximum absolute atomic E-state index is 11.7. The van der Waals surface area contributed by atoms with E-state index < -0.39 is 0 Å². The Morgan fingerprint density at radius 3 is 2.52 bits per heavy atom. The van der Waals surface area contributed by atoms with E-state index >= 15 is 0 Å². The summed E-state index contributed by atoms with van der Waals surface area (Å²) < 4.78 is 10.7. The van der Waals surface area contributed by atoms with Gasteiger partial charge in [-0.05, 0) is 25.0 Å². The van der Waals surface area contributed by atoms with Crippen LogP contribution in [-0.2, 0) is 27.4 Å². The summed E-state index contributed by atoms with van der Waals surface area (Å²) in [5, 5.41) is 2.93. The molecule has 1 aromatic carbocycles. The Morgan fingerprint density at radius 1 is 1.22 bits per heavy atom. The Balaban J connectivity index is 1.68. The minimum absolute atomic E-state index is 0.0306. The summed E-state index contributed by atoms with van der Waals surface area (Å²) in [6.45, 7) is 9.58. The maximum atomic E-state index is 11.7. The quantitative estimate of drug-likeness (QED) is 0.795. The van der Waals surface area contributed by atoms with Gasteiger partial charge in [0, 0.05) is 32.6 Å².